The summed E-state index contributed by atoms with van der Waals surface area (Å²) in [4.78, 5) is 30.0. The molecule has 1 atom stereocenters. The molecule has 2 N–H and O–H groups in total. The zero-order chi connectivity index (χ0) is 21.1. The molecule has 1 aliphatic carbocycles. The number of hydrogen-bond acceptors (Lipinski definition) is 6. The van der Waals surface area contributed by atoms with Crippen LogP contribution in [0.5, 0.6) is 11.5 Å². The number of rotatable bonds is 6. The Morgan fingerprint density at radius 1 is 1.17 bits per heavy atom. The summed E-state index contributed by atoms with van der Waals surface area (Å²) < 4.78 is 12.2. The molecule has 0 spiro atoms. The Bertz CT molecular complexity index is 1010. The molecule has 30 heavy (non-hydrogen) atoms. The van der Waals surface area contributed by atoms with Crippen molar-refractivity contribution in [1.82, 2.24) is 9.88 Å². The Hall–Kier alpha value is -3.34. The highest BCUT2D eigenvalue weighted by molar-refractivity contribution is 6.01. The van der Waals surface area contributed by atoms with Crippen molar-refractivity contribution >= 4 is 22.7 Å². The number of nitriles is 1. The molecule has 2 heterocycles. The van der Waals surface area contributed by atoms with E-state index in [1.807, 2.05) is 6.07 Å². The van der Waals surface area contributed by atoms with E-state index in [4.69, 9.17) is 20.5 Å². The molecule has 1 saturated heterocycles. The van der Waals surface area contributed by atoms with Gasteiger partial charge >= 0.3 is 0 Å². The van der Waals surface area contributed by atoms with Gasteiger partial charge in [0.1, 0.15) is 24.0 Å². The lowest BCUT2D eigenvalue weighted by molar-refractivity contribution is -0.132. The normalized spacial score (nSPS) is 19.0. The lowest BCUT2D eigenvalue weighted by Crippen LogP contribution is -2.44. The van der Waals surface area contributed by atoms with Gasteiger partial charge in [-0.1, -0.05) is 0 Å². The molecule has 156 valence electrons. The third-order valence-electron chi connectivity index (χ3n) is 5.67. The maximum atomic E-state index is 12.1. The smallest absolute Gasteiger partial charge is 0.252 e. The van der Waals surface area contributed by atoms with Crippen LogP contribution in [-0.2, 0) is 4.79 Å². The van der Waals surface area contributed by atoms with Crippen LogP contribution in [0.4, 0.5) is 0 Å². The quantitative estimate of drug-likeness (QED) is 0.785. The van der Waals surface area contributed by atoms with Gasteiger partial charge < -0.3 is 20.1 Å². The fraction of sp³-hybridized carbons (Fsp3) is 0.455. The summed E-state index contributed by atoms with van der Waals surface area (Å²) in [6.45, 7) is 1.08. The Morgan fingerprint density at radius 2 is 1.93 bits per heavy atom. The molecule has 0 bridgehead atoms. The summed E-state index contributed by atoms with van der Waals surface area (Å²) in [5.74, 6) is 0.340. The topological polar surface area (TPSA) is 119 Å². The number of pyridine rings is 1. The number of piperidine rings is 1. The van der Waals surface area contributed by atoms with E-state index in [0.717, 1.165) is 37.5 Å². The minimum Gasteiger partial charge on any atom is -0.490 e. The number of hydrogen-bond donors (Lipinski definition) is 1. The molecule has 8 heteroatoms. The molecule has 0 unspecified atom stereocenters. The van der Waals surface area contributed by atoms with Crippen LogP contribution in [0.3, 0.4) is 0 Å². The molecular formula is C22H24N4O4. The zero-order valence-corrected chi connectivity index (χ0v) is 16.7. The van der Waals surface area contributed by atoms with Gasteiger partial charge in [-0.15, -0.1) is 0 Å². The van der Waals surface area contributed by atoms with Crippen molar-refractivity contribution in [3.63, 3.8) is 0 Å². The summed E-state index contributed by atoms with van der Waals surface area (Å²) in [6, 6.07) is 7.10. The number of ether oxygens (including phenoxy) is 2. The van der Waals surface area contributed by atoms with Crippen molar-refractivity contribution in [2.24, 2.45) is 5.73 Å². The Kier molecular flexibility index (Phi) is 5.70. The maximum absolute atomic E-state index is 12.1. The molecule has 2 fully saturated rings. The monoisotopic (exact) mass is 408 g/mol. The third-order valence-corrected chi connectivity index (χ3v) is 5.67. The predicted octanol–water partition coefficient (Wildman–Crippen LogP) is 2.55. The SMILES string of the molecule is N#CCC(=O)N1CCC[C@@H](Oc2ccnc3cc(C(N)=O)c(OC4CCC4)cc23)C1. The van der Waals surface area contributed by atoms with Crippen LogP contribution in [0.25, 0.3) is 10.9 Å². The first-order valence-corrected chi connectivity index (χ1v) is 10.3. The second-order valence-electron chi connectivity index (χ2n) is 7.77. The number of aromatic nitrogens is 1. The standard InChI is InChI=1S/C22H24N4O4/c23-8-6-21(27)26-10-2-5-15(13-26)30-19-7-9-25-18-11-17(22(24)28)20(12-16(18)19)29-14-3-1-4-14/h7,9,11-12,14-15H,1-6,10,13H2,(H2,24,28)/t15-/m1/s1. The van der Waals surface area contributed by atoms with Crippen molar-refractivity contribution in [3.8, 4) is 17.6 Å². The van der Waals surface area contributed by atoms with Gasteiger partial charge in [0.2, 0.25) is 5.91 Å². The Labute approximate surface area is 174 Å². The van der Waals surface area contributed by atoms with E-state index in [1.54, 1.807) is 29.3 Å². The molecule has 1 aromatic carbocycles. The van der Waals surface area contributed by atoms with Gasteiger partial charge in [0.25, 0.3) is 5.91 Å². The third kappa shape index (κ3) is 4.15. The lowest BCUT2D eigenvalue weighted by atomic mass is 9.96. The summed E-state index contributed by atoms with van der Waals surface area (Å²) in [5.41, 5.74) is 6.46. The Balaban J connectivity index is 1.60. The second kappa shape index (κ2) is 8.57. The van der Waals surface area contributed by atoms with E-state index < -0.39 is 5.91 Å². The number of likely N-dealkylation sites (tertiary alicyclic amines) is 1. The zero-order valence-electron chi connectivity index (χ0n) is 16.7. The summed E-state index contributed by atoms with van der Waals surface area (Å²) >= 11 is 0. The highest BCUT2D eigenvalue weighted by atomic mass is 16.5. The number of carbonyl (C=O) groups is 2. The largest absolute Gasteiger partial charge is 0.490 e. The molecule has 2 aliphatic rings. The van der Waals surface area contributed by atoms with Gasteiger partial charge in [-0.3, -0.25) is 14.6 Å². The fourth-order valence-electron chi connectivity index (χ4n) is 3.83. The van der Waals surface area contributed by atoms with Gasteiger partial charge in [-0.25, -0.2) is 0 Å². The van der Waals surface area contributed by atoms with Gasteiger partial charge in [0, 0.05) is 18.1 Å². The average molecular weight is 408 g/mol. The number of carbonyl (C=O) groups excluding carboxylic acids is 2. The molecule has 1 aliphatic heterocycles. The summed E-state index contributed by atoms with van der Waals surface area (Å²) in [7, 11) is 0. The van der Waals surface area contributed by atoms with Crippen LogP contribution >= 0.6 is 0 Å². The minimum atomic E-state index is -0.557. The molecule has 8 nitrogen and oxygen atoms in total. The van der Waals surface area contributed by atoms with Gasteiger partial charge in [-0.2, -0.15) is 5.26 Å². The molecule has 0 radical (unpaired) electrons. The van der Waals surface area contributed by atoms with Crippen molar-refractivity contribution in [1.29, 1.82) is 5.26 Å². The van der Waals surface area contributed by atoms with Crippen LogP contribution in [0.1, 0.15) is 48.9 Å². The predicted molar refractivity (Wildman–Crippen MR) is 109 cm³/mol. The molecule has 2 aromatic rings. The van der Waals surface area contributed by atoms with E-state index in [9.17, 15) is 9.59 Å². The van der Waals surface area contributed by atoms with Crippen molar-refractivity contribution < 1.29 is 19.1 Å². The van der Waals surface area contributed by atoms with E-state index in [0.29, 0.717) is 35.7 Å². The first kappa shape index (κ1) is 20.0. The van der Waals surface area contributed by atoms with E-state index in [1.165, 1.54) is 0 Å². The first-order chi connectivity index (χ1) is 14.5. The van der Waals surface area contributed by atoms with Crippen LogP contribution < -0.4 is 15.2 Å². The van der Waals surface area contributed by atoms with Crippen LogP contribution in [0, 0.1) is 11.3 Å². The average Bonchev–Trinajstić information content (AvgIpc) is 2.71. The van der Waals surface area contributed by atoms with Crippen molar-refractivity contribution in [3.05, 3.63) is 30.0 Å². The highest BCUT2D eigenvalue weighted by Gasteiger charge is 2.26. The lowest BCUT2D eigenvalue weighted by Gasteiger charge is -2.32. The summed E-state index contributed by atoms with van der Waals surface area (Å²) in [5, 5.41) is 9.51. The van der Waals surface area contributed by atoms with Crippen molar-refractivity contribution in [2.45, 2.75) is 50.7 Å². The van der Waals surface area contributed by atoms with Crippen molar-refractivity contribution in [2.75, 3.05) is 13.1 Å². The number of nitrogens with two attached hydrogens (primary N) is 1. The first-order valence-electron chi connectivity index (χ1n) is 10.3. The highest BCUT2D eigenvalue weighted by Crippen LogP contribution is 2.34. The van der Waals surface area contributed by atoms with Gasteiger partial charge in [0.15, 0.2) is 0 Å². The van der Waals surface area contributed by atoms with Crippen LogP contribution in [0.15, 0.2) is 24.4 Å². The molecule has 2 amide bonds. The molecular weight excluding hydrogens is 384 g/mol. The van der Waals surface area contributed by atoms with Crippen LogP contribution in [0.2, 0.25) is 0 Å². The minimum absolute atomic E-state index is 0.0969. The number of primary amides is 1. The van der Waals surface area contributed by atoms with Gasteiger partial charge in [-0.05, 0) is 50.3 Å². The molecule has 1 aromatic heterocycles. The molecule has 4 rings (SSSR count). The maximum Gasteiger partial charge on any atom is 0.252 e. The number of amides is 2. The fourth-order valence-corrected chi connectivity index (χ4v) is 3.83. The van der Waals surface area contributed by atoms with Crippen LogP contribution in [-0.4, -0.2) is 47.0 Å². The number of fused-ring (bicyclic) bond motifs is 1. The van der Waals surface area contributed by atoms with E-state index >= 15 is 0 Å². The Morgan fingerprint density at radius 3 is 2.63 bits per heavy atom. The second-order valence-corrected chi connectivity index (χ2v) is 7.77. The van der Waals surface area contributed by atoms with E-state index in [-0.39, 0.29) is 24.5 Å². The molecule has 1 saturated carbocycles. The number of benzene rings is 1. The van der Waals surface area contributed by atoms with Gasteiger partial charge in [0.05, 0.1) is 29.8 Å². The summed E-state index contributed by atoms with van der Waals surface area (Å²) in [6.07, 6.45) is 6.07. The number of nitrogens with zero attached hydrogens (tertiary/aromatic N) is 3. The van der Waals surface area contributed by atoms with E-state index in [2.05, 4.69) is 4.98 Å².